The van der Waals surface area contributed by atoms with Gasteiger partial charge in [-0.15, -0.1) is 11.3 Å². The SMILES string of the molecule is c1ccc(-c2nc(-c3ccccc3)nc(-c3ccc4sc5c(-c6ccc(-c7cccc8c7oc7ccc9c(-c%10ccccc%10)nc%10ccccc%10c9c78)cc6)cccc5c4c3)n2)cc1. The minimum absolute atomic E-state index is 0.649. The summed E-state index contributed by atoms with van der Waals surface area (Å²) in [4.78, 5) is 20.1. The summed E-state index contributed by atoms with van der Waals surface area (Å²) in [5.41, 5.74) is 12.2. The van der Waals surface area contributed by atoms with Gasteiger partial charge in [-0.05, 0) is 53.1 Å². The quantitative estimate of drug-likeness (QED) is 0.156. The van der Waals surface area contributed by atoms with E-state index in [0.29, 0.717) is 17.5 Å². The second kappa shape index (κ2) is 14.7. The number of fused-ring (bicyclic) bond motifs is 10. The lowest BCUT2D eigenvalue weighted by Crippen LogP contribution is -2.00. The number of pyridine rings is 1. The number of thiophene rings is 1. The number of nitrogens with zero attached hydrogens (tertiary/aromatic N) is 4. The number of rotatable bonds is 6. The average Bonchev–Trinajstić information content (AvgIpc) is 3.95. The van der Waals surface area contributed by atoms with Crippen LogP contribution in [-0.4, -0.2) is 19.9 Å². The molecule has 5 nitrogen and oxygen atoms in total. The van der Waals surface area contributed by atoms with Crippen LogP contribution in [0.3, 0.4) is 0 Å². The van der Waals surface area contributed by atoms with Crippen LogP contribution in [-0.2, 0) is 0 Å². The molecule has 0 bridgehead atoms. The fraction of sp³-hybridized carbons (Fsp3) is 0. The van der Waals surface area contributed by atoms with Gasteiger partial charge in [-0.2, -0.15) is 0 Å². The maximum absolute atomic E-state index is 6.82. The van der Waals surface area contributed by atoms with Gasteiger partial charge in [0.25, 0.3) is 0 Å². The van der Waals surface area contributed by atoms with Gasteiger partial charge in [0.1, 0.15) is 11.2 Å². The highest BCUT2D eigenvalue weighted by atomic mass is 32.1. The second-order valence-electron chi connectivity index (χ2n) is 16.1. The van der Waals surface area contributed by atoms with Gasteiger partial charge in [-0.25, -0.2) is 19.9 Å². The van der Waals surface area contributed by atoms with E-state index in [1.54, 1.807) is 0 Å². The molecule has 0 saturated heterocycles. The van der Waals surface area contributed by atoms with Crippen LogP contribution in [0.15, 0.2) is 211 Å². The van der Waals surface area contributed by atoms with Crippen molar-refractivity contribution >= 4 is 75.1 Å². The Morgan fingerprint density at radius 3 is 1.61 bits per heavy atom. The van der Waals surface area contributed by atoms with Crippen LogP contribution in [0.5, 0.6) is 0 Å². The van der Waals surface area contributed by atoms with Crippen molar-refractivity contribution in [2.75, 3.05) is 0 Å². The van der Waals surface area contributed by atoms with Crippen molar-refractivity contribution in [3.63, 3.8) is 0 Å². The molecule has 64 heavy (non-hydrogen) atoms. The van der Waals surface area contributed by atoms with Crippen molar-refractivity contribution in [3.8, 4) is 67.7 Å². The highest BCUT2D eigenvalue weighted by molar-refractivity contribution is 7.26. The highest BCUT2D eigenvalue weighted by Gasteiger charge is 2.20. The van der Waals surface area contributed by atoms with Crippen molar-refractivity contribution in [2.45, 2.75) is 0 Å². The summed E-state index contributed by atoms with van der Waals surface area (Å²) in [5, 5.41) is 8.00. The van der Waals surface area contributed by atoms with E-state index in [2.05, 4.69) is 140 Å². The molecule has 4 aromatic heterocycles. The molecule has 0 fully saturated rings. The molecule has 0 amide bonds. The predicted octanol–water partition coefficient (Wildman–Crippen LogP) is 15.8. The Morgan fingerprint density at radius 1 is 0.344 bits per heavy atom. The molecule has 9 aromatic carbocycles. The standard InChI is InChI=1S/C58H34N4OS/c1-4-14-37(15-5-1)53-45-31-32-49-52(51(45)44-20-10-11-25-48(44)59-53)46-24-12-21-41(54(46)63-49)35-26-28-36(29-27-35)42-22-13-23-43-47-34-40(30-33-50(47)64-55(42)43)58-61-56(38-16-6-2-7-17-38)60-57(62-58)39-18-8-3-9-19-39/h1-34H. The Labute approximate surface area is 371 Å². The average molecular weight is 835 g/mol. The molecule has 0 aliphatic heterocycles. The number of furan rings is 1. The van der Waals surface area contributed by atoms with Gasteiger partial charge in [0.05, 0.1) is 11.2 Å². The van der Waals surface area contributed by atoms with Gasteiger partial charge in [-0.3, -0.25) is 0 Å². The van der Waals surface area contributed by atoms with E-state index in [1.807, 2.05) is 78.1 Å². The first-order chi connectivity index (χ1) is 31.7. The van der Waals surface area contributed by atoms with Crippen LogP contribution in [0.25, 0.3) is 131 Å². The summed E-state index contributed by atoms with van der Waals surface area (Å²) in [6.45, 7) is 0. The molecule has 13 rings (SSSR count). The van der Waals surface area contributed by atoms with Crippen molar-refractivity contribution in [3.05, 3.63) is 206 Å². The zero-order valence-corrected chi connectivity index (χ0v) is 35.1. The first kappa shape index (κ1) is 36.3. The molecule has 0 aliphatic carbocycles. The largest absolute Gasteiger partial charge is 0.455 e. The zero-order valence-electron chi connectivity index (χ0n) is 34.2. The molecule has 6 heteroatoms. The van der Waals surface area contributed by atoms with Crippen molar-refractivity contribution in [1.29, 1.82) is 0 Å². The molecule has 0 radical (unpaired) electrons. The fourth-order valence-corrected chi connectivity index (χ4v) is 10.5. The molecule has 0 spiro atoms. The minimum atomic E-state index is 0.649. The van der Waals surface area contributed by atoms with Crippen molar-refractivity contribution in [2.24, 2.45) is 0 Å². The summed E-state index contributed by atoms with van der Waals surface area (Å²) in [6, 6.07) is 72.0. The zero-order chi connectivity index (χ0) is 42.1. The topological polar surface area (TPSA) is 64.7 Å². The van der Waals surface area contributed by atoms with E-state index in [0.717, 1.165) is 82.9 Å². The fourth-order valence-electron chi connectivity index (χ4n) is 9.31. The Morgan fingerprint density at radius 2 is 0.906 bits per heavy atom. The number of aromatic nitrogens is 4. The molecule has 298 valence electrons. The van der Waals surface area contributed by atoms with E-state index in [-0.39, 0.29) is 0 Å². The molecular formula is C58H34N4OS. The van der Waals surface area contributed by atoms with Crippen LogP contribution in [0, 0.1) is 0 Å². The first-order valence-corrected chi connectivity index (χ1v) is 22.2. The maximum Gasteiger partial charge on any atom is 0.164 e. The Bertz CT molecular complexity index is 3880. The van der Waals surface area contributed by atoms with Crippen LogP contribution in [0.2, 0.25) is 0 Å². The molecule has 0 unspecified atom stereocenters. The van der Waals surface area contributed by atoms with E-state index in [4.69, 9.17) is 24.4 Å². The van der Waals surface area contributed by atoms with Gasteiger partial charge in [0.2, 0.25) is 0 Å². The summed E-state index contributed by atoms with van der Waals surface area (Å²) < 4.78 is 9.28. The van der Waals surface area contributed by atoms with E-state index >= 15 is 0 Å². The van der Waals surface area contributed by atoms with E-state index in [1.165, 1.54) is 31.1 Å². The van der Waals surface area contributed by atoms with Gasteiger partial charge in [-0.1, -0.05) is 170 Å². The number of hydrogen-bond acceptors (Lipinski definition) is 6. The predicted molar refractivity (Wildman–Crippen MR) is 265 cm³/mol. The number of para-hydroxylation sites is 2. The molecule has 0 aliphatic rings. The Hall–Kier alpha value is -8.32. The van der Waals surface area contributed by atoms with E-state index < -0.39 is 0 Å². The normalized spacial score (nSPS) is 11.8. The van der Waals surface area contributed by atoms with Crippen LogP contribution < -0.4 is 0 Å². The molecule has 0 N–H and O–H groups in total. The summed E-state index contributed by atoms with van der Waals surface area (Å²) >= 11 is 1.82. The Kier molecular flexibility index (Phi) is 8.32. The van der Waals surface area contributed by atoms with Gasteiger partial charge < -0.3 is 4.42 Å². The molecule has 0 saturated carbocycles. The van der Waals surface area contributed by atoms with Crippen molar-refractivity contribution < 1.29 is 4.42 Å². The smallest absolute Gasteiger partial charge is 0.164 e. The summed E-state index contributed by atoms with van der Waals surface area (Å²) in [7, 11) is 0. The molecule has 13 aromatic rings. The van der Waals surface area contributed by atoms with Gasteiger partial charge >= 0.3 is 0 Å². The summed E-state index contributed by atoms with van der Waals surface area (Å²) in [5.74, 6) is 1.95. The van der Waals surface area contributed by atoms with Crippen LogP contribution >= 0.6 is 11.3 Å². The van der Waals surface area contributed by atoms with Crippen LogP contribution in [0.1, 0.15) is 0 Å². The monoisotopic (exact) mass is 834 g/mol. The lowest BCUT2D eigenvalue weighted by Gasteiger charge is -2.11. The third-order valence-electron chi connectivity index (χ3n) is 12.3. The maximum atomic E-state index is 6.82. The molecule has 0 atom stereocenters. The Balaban J connectivity index is 0.899. The third kappa shape index (κ3) is 5.92. The van der Waals surface area contributed by atoms with Gasteiger partial charge in [0, 0.05) is 74.9 Å². The number of benzene rings is 9. The first-order valence-electron chi connectivity index (χ1n) is 21.4. The molecular weight excluding hydrogens is 801 g/mol. The minimum Gasteiger partial charge on any atom is -0.455 e. The van der Waals surface area contributed by atoms with Crippen LogP contribution in [0.4, 0.5) is 0 Å². The molecule has 4 heterocycles. The third-order valence-corrected chi connectivity index (χ3v) is 13.6. The second-order valence-corrected chi connectivity index (χ2v) is 17.2. The summed E-state index contributed by atoms with van der Waals surface area (Å²) in [6.07, 6.45) is 0. The highest BCUT2D eigenvalue weighted by Crippen LogP contribution is 2.45. The van der Waals surface area contributed by atoms with Crippen molar-refractivity contribution in [1.82, 2.24) is 19.9 Å². The number of hydrogen-bond donors (Lipinski definition) is 0. The van der Waals surface area contributed by atoms with Gasteiger partial charge in [0.15, 0.2) is 17.5 Å². The lowest BCUT2D eigenvalue weighted by molar-refractivity contribution is 0.670. The van der Waals surface area contributed by atoms with E-state index in [9.17, 15) is 0 Å². The lowest BCUT2D eigenvalue weighted by atomic mass is 9.95.